The highest BCUT2D eigenvalue weighted by Gasteiger charge is 2.44. The molecule has 1 N–H and O–H groups in total. The van der Waals surface area contributed by atoms with Crippen molar-refractivity contribution in [2.45, 2.75) is 94.9 Å². The predicted octanol–water partition coefficient (Wildman–Crippen LogP) is 3.44. The number of ether oxygens (including phenoxy) is 2. The molecule has 4 bridgehead atoms. The average Bonchev–Trinajstić information content (AvgIpc) is 3.13. The van der Waals surface area contributed by atoms with Crippen molar-refractivity contribution in [2.75, 3.05) is 27.3 Å². The van der Waals surface area contributed by atoms with Crippen molar-refractivity contribution in [2.24, 2.45) is 0 Å². The lowest BCUT2D eigenvalue weighted by Gasteiger charge is -2.34. The summed E-state index contributed by atoms with van der Waals surface area (Å²) in [7, 11) is -0.580. The van der Waals surface area contributed by atoms with E-state index in [1.54, 1.807) is 0 Å². The van der Waals surface area contributed by atoms with Crippen LogP contribution < -0.4 is 9.46 Å². The number of benzene rings is 1. The fraction of sp³-hybridized carbons (Fsp3) is 0.731. The molecule has 2 fully saturated rings. The van der Waals surface area contributed by atoms with Crippen LogP contribution in [-0.2, 0) is 19.7 Å². The Labute approximate surface area is 210 Å². The second-order valence-electron chi connectivity index (χ2n) is 10.5. The van der Waals surface area contributed by atoms with E-state index < -0.39 is 10.2 Å². The van der Waals surface area contributed by atoms with E-state index in [1.807, 2.05) is 17.9 Å². The molecular weight excluding hydrogens is 466 g/mol. The second-order valence-corrected chi connectivity index (χ2v) is 12.4. The molecule has 0 spiro atoms. The van der Waals surface area contributed by atoms with Gasteiger partial charge in [-0.25, -0.2) is 0 Å². The first-order valence-corrected chi connectivity index (χ1v) is 14.5. The minimum Gasteiger partial charge on any atom is -0.494 e. The van der Waals surface area contributed by atoms with Gasteiger partial charge in [-0.2, -0.15) is 17.4 Å². The Hall–Kier alpha value is -1.68. The van der Waals surface area contributed by atoms with E-state index in [9.17, 15) is 13.2 Å². The summed E-state index contributed by atoms with van der Waals surface area (Å²) < 4.78 is 41.6. The van der Waals surface area contributed by atoms with Crippen LogP contribution in [0.2, 0.25) is 0 Å². The zero-order chi connectivity index (χ0) is 25.0. The van der Waals surface area contributed by atoms with Crippen molar-refractivity contribution in [1.29, 1.82) is 0 Å². The van der Waals surface area contributed by atoms with Gasteiger partial charge in [-0.1, -0.05) is 12.1 Å². The number of fused-ring (bicyclic) bond motifs is 9. The highest BCUT2D eigenvalue weighted by Crippen LogP contribution is 2.36. The Balaban J connectivity index is 1.51. The summed E-state index contributed by atoms with van der Waals surface area (Å²) in [5.74, 6) is 1.51. The SMILES string of the molecule is C[C@@H]1C[C@H](NS(=O)(=O)N(C)C)[C@@H]2COC3CCC(CC3)c3cccc(c3)OCCCCCC(=O)N12. The first-order valence-electron chi connectivity index (χ1n) is 13.1. The van der Waals surface area contributed by atoms with Gasteiger partial charge in [0.1, 0.15) is 5.75 Å². The smallest absolute Gasteiger partial charge is 0.279 e. The van der Waals surface area contributed by atoms with Crippen molar-refractivity contribution < 1.29 is 22.7 Å². The van der Waals surface area contributed by atoms with Gasteiger partial charge in [-0.15, -0.1) is 0 Å². The molecule has 3 aliphatic heterocycles. The minimum atomic E-state index is -3.61. The monoisotopic (exact) mass is 507 g/mol. The Morgan fingerprint density at radius 2 is 1.86 bits per heavy atom. The fourth-order valence-corrected chi connectivity index (χ4v) is 6.59. The van der Waals surface area contributed by atoms with Crippen molar-refractivity contribution in [3.8, 4) is 5.75 Å². The van der Waals surface area contributed by atoms with Gasteiger partial charge in [0.05, 0.1) is 25.4 Å². The molecular formula is C26H41N3O5S. The number of hydrogen-bond donors (Lipinski definition) is 1. The number of carbonyl (C=O) groups excluding carboxylic acids is 1. The largest absolute Gasteiger partial charge is 0.494 e. The van der Waals surface area contributed by atoms with Gasteiger partial charge < -0.3 is 14.4 Å². The maximum atomic E-state index is 13.3. The fourth-order valence-electron chi connectivity index (χ4n) is 5.74. The third-order valence-corrected chi connectivity index (χ3v) is 9.33. The molecule has 3 atom stereocenters. The van der Waals surface area contributed by atoms with Crippen molar-refractivity contribution in [3.63, 3.8) is 0 Å². The topological polar surface area (TPSA) is 88.2 Å². The maximum Gasteiger partial charge on any atom is 0.279 e. The molecule has 196 valence electrons. The lowest BCUT2D eigenvalue weighted by molar-refractivity contribution is -0.136. The van der Waals surface area contributed by atoms with Crippen LogP contribution in [0.5, 0.6) is 5.75 Å². The highest BCUT2D eigenvalue weighted by molar-refractivity contribution is 7.87. The summed E-state index contributed by atoms with van der Waals surface area (Å²) in [6.07, 6.45) is 7.79. The van der Waals surface area contributed by atoms with Crippen LogP contribution in [0.3, 0.4) is 0 Å². The zero-order valence-electron chi connectivity index (χ0n) is 21.3. The quantitative estimate of drug-likeness (QED) is 0.677. The van der Waals surface area contributed by atoms with Gasteiger partial charge in [0.15, 0.2) is 0 Å². The number of nitrogens with one attached hydrogen (secondary N) is 1. The molecule has 1 saturated heterocycles. The van der Waals surface area contributed by atoms with Crippen molar-refractivity contribution in [3.05, 3.63) is 29.8 Å². The van der Waals surface area contributed by atoms with Crippen LogP contribution in [0.25, 0.3) is 0 Å². The van der Waals surface area contributed by atoms with Crippen LogP contribution >= 0.6 is 0 Å². The molecule has 1 aromatic carbocycles. The first-order chi connectivity index (χ1) is 16.7. The van der Waals surface area contributed by atoms with Crippen LogP contribution in [0.1, 0.15) is 76.2 Å². The minimum absolute atomic E-state index is 0.0411. The van der Waals surface area contributed by atoms with Gasteiger partial charge in [0.2, 0.25) is 5.91 Å². The lowest BCUT2D eigenvalue weighted by atomic mass is 9.82. The Kier molecular flexibility index (Phi) is 8.73. The van der Waals surface area contributed by atoms with Crippen molar-refractivity contribution >= 4 is 16.1 Å². The third kappa shape index (κ3) is 6.56. The Morgan fingerprint density at radius 3 is 2.60 bits per heavy atom. The Morgan fingerprint density at radius 1 is 1.09 bits per heavy atom. The van der Waals surface area contributed by atoms with Crippen LogP contribution in [0, 0.1) is 0 Å². The molecule has 3 heterocycles. The van der Waals surface area contributed by atoms with Crippen LogP contribution in [-0.4, -0.2) is 75.1 Å². The van der Waals surface area contributed by atoms with E-state index >= 15 is 0 Å². The second kappa shape index (κ2) is 11.6. The molecule has 0 aromatic heterocycles. The predicted molar refractivity (Wildman–Crippen MR) is 136 cm³/mol. The van der Waals surface area contributed by atoms with E-state index in [1.165, 1.54) is 24.0 Å². The number of amides is 1. The summed E-state index contributed by atoms with van der Waals surface area (Å²) in [5.41, 5.74) is 1.33. The van der Waals surface area contributed by atoms with E-state index in [4.69, 9.17) is 9.47 Å². The molecule has 35 heavy (non-hydrogen) atoms. The summed E-state index contributed by atoms with van der Waals surface area (Å²) >= 11 is 0. The van der Waals surface area contributed by atoms with Gasteiger partial charge in [-0.05, 0) is 81.9 Å². The molecule has 5 rings (SSSR count). The standard InChI is InChI=1S/C26H41N3O5S/c1-19-16-24(27-35(31,32)28(2)3)25-18-34-22-13-11-20(12-14-22)21-8-7-9-23(17-21)33-15-6-4-5-10-26(30)29(19)25/h7-9,17,19-20,22,24-25,27H,4-6,10-16,18H2,1-3H3/t19-,20?,22?,24+,25+/m1/s1. The Bertz CT molecular complexity index is 961. The molecule has 9 heteroatoms. The van der Waals surface area contributed by atoms with E-state index in [-0.39, 0.29) is 30.1 Å². The summed E-state index contributed by atoms with van der Waals surface area (Å²) in [4.78, 5) is 15.2. The van der Waals surface area contributed by atoms with Crippen molar-refractivity contribution in [1.82, 2.24) is 13.9 Å². The lowest BCUT2D eigenvalue weighted by Crippen LogP contribution is -2.52. The molecule has 8 nitrogen and oxygen atoms in total. The first kappa shape index (κ1) is 26.4. The average molecular weight is 508 g/mol. The molecule has 1 aromatic rings. The number of hydrogen-bond acceptors (Lipinski definition) is 5. The summed E-state index contributed by atoms with van der Waals surface area (Å²) in [6, 6.07) is 7.77. The number of rotatable bonds is 3. The van der Waals surface area contributed by atoms with Crippen LogP contribution in [0.4, 0.5) is 0 Å². The highest BCUT2D eigenvalue weighted by atomic mass is 32.2. The van der Waals surface area contributed by atoms with E-state index in [0.29, 0.717) is 32.0 Å². The third-order valence-electron chi connectivity index (χ3n) is 7.77. The molecule has 1 saturated carbocycles. The molecule has 1 amide bonds. The van der Waals surface area contributed by atoms with Gasteiger partial charge in [-0.3, -0.25) is 4.79 Å². The maximum absolute atomic E-state index is 13.3. The van der Waals surface area contributed by atoms with E-state index in [2.05, 4.69) is 22.9 Å². The number of carbonyl (C=O) groups is 1. The van der Waals surface area contributed by atoms with Gasteiger partial charge >= 0.3 is 0 Å². The van der Waals surface area contributed by atoms with Crippen LogP contribution in [0.15, 0.2) is 24.3 Å². The molecule has 0 radical (unpaired) electrons. The van der Waals surface area contributed by atoms with Gasteiger partial charge in [0.25, 0.3) is 10.2 Å². The molecule has 0 unspecified atom stereocenters. The molecule has 1 aliphatic carbocycles. The zero-order valence-corrected chi connectivity index (χ0v) is 22.1. The van der Waals surface area contributed by atoms with Gasteiger partial charge in [0, 0.05) is 32.6 Å². The molecule has 4 aliphatic rings. The summed E-state index contributed by atoms with van der Waals surface area (Å²) in [5, 5.41) is 0. The normalized spacial score (nSPS) is 31.0. The summed E-state index contributed by atoms with van der Waals surface area (Å²) in [6.45, 7) is 3.01. The van der Waals surface area contributed by atoms with E-state index in [0.717, 1.165) is 50.7 Å². The number of nitrogens with zero attached hydrogens (tertiary/aromatic N) is 2.